The molecule has 0 saturated carbocycles. The third-order valence-corrected chi connectivity index (χ3v) is 5.09. The van der Waals surface area contributed by atoms with Crippen LogP contribution in [0.25, 0.3) is 17.1 Å². The van der Waals surface area contributed by atoms with E-state index in [-0.39, 0.29) is 24.2 Å². The highest BCUT2D eigenvalue weighted by atomic mass is 35.5. The molecule has 0 spiro atoms. The van der Waals surface area contributed by atoms with Gasteiger partial charge in [-0.25, -0.2) is 4.79 Å². The molecular weight excluding hydrogens is 378 g/mol. The number of benzene rings is 2. The van der Waals surface area contributed by atoms with Crippen LogP contribution >= 0.6 is 11.6 Å². The van der Waals surface area contributed by atoms with Gasteiger partial charge >= 0.3 is 5.69 Å². The zero-order chi connectivity index (χ0) is 19.7. The normalized spacial score (nSPS) is 16.5. The number of likely N-dealkylation sites (tertiary alicyclic amines) is 1. The van der Waals surface area contributed by atoms with Crippen molar-refractivity contribution in [3.05, 3.63) is 70.1 Å². The van der Waals surface area contributed by atoms with Crippen LogP contribution in [0.15, 0.2) is 59.4 Å². The third kappa shape index (κ3) is 3.58. The first-order chi connectivity index (χ1) is 13.5. The maximum Gasteiger partial charge on any atom is 0.351 e. The standard InChI is InChI=1S/C20H20ClN5O2/c21-15-6-8-17(9-7-15)26-20(28)25(13-18(27)24-11-10-16(22)12-24)19(23-26)14-4-2-1-3-5-14/h1-9,16H,10-13,22H2. The number of carbonyl (C=O) groups is 1. The van der Waals surface area contributed by atoms with Gasteiger partial charge in [0.15, 0.2) is 5.82 Å². The van der Waals surface area contributed by atoms with Crippen molar-refractivity contribution in [1.82, 2.24) is 19.2 Å². The van der Waals surface area contributed by atoms with E-state index in [4.69, 9.17) is 17.3 Å². The van der Waals surface area contributed by atoms with E-state index in [1.807, 2.05) is 30.3 Å². The number of hydrogen-bond donors (Lipinski definition) is 1. The largest absolute Gasteiger partial charge is 0.351 e. The summed E-state index contributed by atoms with van der Waals surface area (Å²) >= 11 is 5.95. The summed E-state index contributed by atoms with van der Waals surface area (Å²) in [5.41, 5.74) is 6.88. The Kier molecular flexibility index (Phi) is 5.02. The summed E-state index contributed by atoms with van der Waals surface area (Å²) in [5.74, 6) is 0.306. The zero-order valence-electron chi connectivity index (χ0n) is 15.2. The van der Waals surface area contributed by atoms with E-state index in [1.54, 1.807) is 29.2 Å². The Morgan fingerprint density at radius 2 is 1.86 bits per heavy atom. The maximum absolute atomic E-state index is 13.1. The molecule has 144 valence electrons. The van der Waals surface area contributed by atoms with Crippen LogP contribution in [-0.4, -0.2) is 44.3 Å². The average molecular weight is 398 g/mol. The Morgan fingerprint density at radius 3 is 2.50 bits per heavy atom. The van der Waals surface area contributed by atoms with Gasteiger partial charge < -0.3 is 10.6 Å². The summed E-state index contributed by atoms with van der Waals surface area (Å²) in [4.78, 5) is 27.5. The quantitative estimate of drug-likeness (QED) is 0.728. The maximum atomic E-state index is 13.1. The van der Waals surface area contributed by atoms with Crippen molar-refractivity contribution < 1.29 is 4.79 Å². The first kappa shape index (κ1) is 18.5. The number of nitrogens with zero attached hydrogens (tertiary/aromatic N) is 4. The van der Waals surface area contributed by atoms with Crippen molar-refractivity contribution in [1.29, 1.82) is 0 Å². The minimum absolute atomic E-state index is 0.00828. The molecular formula is C20H20ClN5O2. The summed E-state index contributed by atoms with van der Waals surface area (Å²) < 4.78 is 2.71. The van der Waals surface area contributed by atoms with Gasteiger partial charge in [0.25, 0.3) is 0 Å². The molecule has 3 aromatic rings. The Morgan fingerprint density at radius 1 is 1.14 bits per heavy atom. The predicted octanol–water partition coefficient (Wildman–Crippen LogP) is 1.91. The Hall–Kier alpha value is -2.90. The van der Waals surface area contributed by atoms with Gasteiger partial charge in [0.2, 0.25) is 5.91 Å². The molecule has 4 rings (SSSR count). The molecule has 0 bridgehead atoms. The molecule has 0 aliphatic carbocycles. The highest BCUT2D eigenvalue weighted by Gasteiger charge is 2.26. The summed E-state index contributed by atoms with van der Waals surface area (Å²) in [6.07, 6.45) is 0.774. The second-order valence-corrected chi connectivity index (χ2v) is 7.27. The summed E-state index contributed by atoms with van der Waals surface area (Å²) in [5, 5.41) is 5.07. The first-order valence-electron chi connectivity index (χ1n) is 9.07. The molecule has 0 radical (unpaired) electrons. The average Bonchev–Trinajstić information content (AvgIpc) is 3.28. The lowest BCUT2D eigenvalue weighted by Crippen LogP contribution is -2.37. The summed E-state index contributed by atoms with van der Waals surface area (Å²) in [6.45, 7) is 1.05. The van der Waals surface area contributed by atoms with E-state index < -0.39 is 0 Å². The molecule has 2 aromatic carbocycles. The van der Waals surface area contributed by atoms with Crippen molar-refractivity contribution in [3.63, 3.8) is 0 Å². The molecule has 28 heavy (non-hydrogen) atoms. The highest BCUT2D eigenvalue weighted by molar-refractivity contribution is 6.30. The van der Waals surface area contributed by atoms with E-state index in [1.165, 1.54) is 9.25 Å². The fourth-order valence-corrected chi connectivity index (χ4v) is 3.47. The van der Waals surface area contributed by atoms with Gasteiger partial charge in [0, 0.05) is 29.7 Å². The lowest BCUT2D eigenvalue weighted by atomic mass is 10.2. The van der Waals surface area contributed by atoms with E-state index >= 15 is 0 Å². The van der Waals surface area contributed by atoms with Crippen molar-refractivity contribution in [2.45, 2.75) is 19.0 Å². The van der Waals surface area contributed by atoms with E-state index in [0.717, 1.165) is 12.0 Å². The number of rotatable bonds is 4. The van der Waals surface area contributed by atoms with E-state index in [2.05, 4.69) is 5.10 Å². The smallest absolute Gasteiger partial charge is 0.340 e. The molecule has 1 atom stereocenters. The monoisotopic (exact) mass is 397 g/mol. The number of hydrogen-bond acceptors (Lipinski definition) is 4. The molecule has 2 N–H and O–H groups in total. The Labute approximate surface area is 166 Å². The van der Waals surface area contributed by atoms with E-state index in [0.29, 0.717) is 29.6 Å². The number of carbonyl (C=O) groups excluding carboxylic acids is 1. The third-order valence-electron chi connectivity index (χ3n) is 4.84. The molecule has 1 saturated heterocycles. The molecule has 1 aliphatic rings. The van der Waals surface area contributed by atoms with Crippen molar-refractivity contribution in [2.75, 3.05) is 13.1 Å². The van der Waals surface area contributed by atoms with Crippen LogP contribution in [0.1, 0.15) is 6.42 Å². The van der Waals surface area contributed by atoms with Gasteiger partial charge in [-0.2, -0.15) is 4.68 Å². The predicted molar refractivity (Wildman–Crippen MR) is 107 cm³/mol. The highest BCUT2D eigenvalue weighted by Crippen LogP contribution is 2.18. The molecule has 2 heterocycles. The molecule has 1 amide bonds. The van der Waals surface area contributed by atoms with Gasteiger partial charge in [0.05, 0.1) is 5.69 Å². The second kappa shape index (κ2) is 7.61. The molecule has 1 aliphatic heterocycles. The molecule has 1 aromatic heterocycles. The fourth-order valence-electron chi connectivity index (χ4n) is 3.34. The number of nitrogens with two attached hydrogens (primary N) is 1. The van der Waals surface area contributed by atoms with Crippen molar-refractivity contribution in [2.24, 2.45) is 5.73 Å². The molecule has 8 heteroatoms. The van der Waals surface area contributed by atoms with Crippen LogP contribution in [0, 0.1) is 0 Å². The van der Waals surface area contributed by atoms with Crippen molar-refractivity contribution in [3.8, 4) is 17.1 Å². The second-order valence-electron chi connectivity index (χ2n) is 6.84. The van der Waals surface area contributed by atoms with Crippen LogP contribution in [-0.2, 0) is 11.3 Å². The summed E-state index contributed by atoms with van der Waals surface area (Å²) in [6, 6.07) is 16.2. The van der Waals surface area contributed by atoms with Crippen LogP contribution in [0.5, 0.6) is 0 Å². The zero-order valence-corrected chi connectivity index (χ0v) is 15.9. The molecule has 1 unspecified atom stereocenters. The summed E-state index contributed by atoms with van der Waals surface area (Å²) in [7, 11) is 0. The number of aromatic nitrogens is 3. The van der Waals surface area contributed by atoms with Gasteiger partial charge in [0.1, 0.15) is 6.54 Å². The van der Waals surface area contributed by atoms with E-state index in [9.17, 15) is 9.59 Å². The molecule has 1 fully saturated rings. The minimum Gasteiger partial charge on any atom is -0.340 e. The Balaban J connectivity index is 1.76. The molecule has 7 nitrogen and oxygen atoms in total. The fraction of sp³-hybridized carbons (Fsp3) is 0.250. The Bertz CT molecular complexity index is 1040. The van der Waals surface area contributed by atoms with Crippen LogP contribution in [0.4, 0.5) is 0 Å². The van der Waals surface area contributed by atoms with Gasteiger partial charge in [-0.15, -0.1) is 5.10 Å². The number of halogens is 1. The van der Waals surface area contributed by atoms with Crippen LogP contribution < -0.4 is 11.4 Å². The lowest BCUT2D eigenvalue weighted by Gasteiger charge is -2.16. The van der Waals surface area contributed by atoms with Crippen molar-refractivity contribution >= 4 is 17.5 Å². The SMILES string of the molecule is NC1CCN(C(=O)Cn2c(-c3ccccc3)nn(-c3ccc(Cl)cc3)c2=O)C1. The topological polar surface area (TPSA) is 86.2 Å². The first-order valence-corrected chi connectivity index (χ1v) is 9.45. The van der Waals surface area contributed by atoms with Gasteiger partial charge in [-0.3, -0.25) is 9.36 Å². The minimum atomic E-state index is -0.377. The number of amides is 1. The van der Waals surface area contributed by atoms with Crippen LogP contribution in [0.2, 0.25) is 5.02 Å². The van der Waals surface area contributed by atoms with Crippen LogP contribution in [0.3, 0.4) is 0 Å². The van der Waals surface area contributed by atoms with Gasteiger partial charge in [-0.05, 0) is 30.7 Å². The lowest BCUT2D eigenvalue weighted by molar-refractivity contribution is -0.130. The van der Waals surface area contributed by atoms with Gasteiger partial charge in [-0.1, -0.05) is 41.9 Å².